The lowest BCUT2D eigenvalue weighted by atomic mass is 10.3. The van der Waals surface area contributed by atoms with Gasteiger partial charge in [-0.25, -0.2) is 0 Å². The fourth-order valence-electron chi connectivity index (χ4n) is 1.48. The Kier molecular flexibility index (Phi) is 5.03. The number of carboxylic acids is 1. The van der Waals surface area contributed by atoms with Gasteiger partial charge in [-0.1, -0.05) is 0 Å². The average Bonchev–Trinajstić information content (AvgIpc) is 2.35. The van der Waals surface area contributed by atoms with Gasteiger partial charge in [-0.05, 0) is 0 Å². The van der Waals surface area contributed by atoms with Crippen molar-refractivity contribution < 1.29 is 23.1 Å². The Bertz CT molecular complexity index is 444. The van der Waals surface area contributed by atoms with Crippen molar-refractivity contribution in [3.63, 3.8) is 0 Å². The third-order valence-corrected chi connectivity index (χ3v) is 4.49. The van der Waals surface area contributed by atoms with Crippen molar-refractivity contribution in [1.82, 2.24) is 8.61 Å². The van der Waals surface area contributed by atoms with Gasteiger partial charge in [-0.15, -0.1) is 0 Å². The number of nitrogens with zero attached hydrogens (tertiary/aromatic N) is 3. The summed E-state index contributed by atoms with van der Waals surface area (Å²) in [5.74, 6) is -1.06. The van der Waals surface area contributed by atoms with E-state index in [1.54, 1.807) is 0 Å². The first-order valence-electron chi connectivity index (χ1n) is 5.32. The Morgan fingerprint density at radius 3 is 2.89 bits per heavy atom. The van der Waals surface area contributed by atoms with E-state index in [0.29, 0.717) is 0 Å². The molecule has 0 aromatic carbocycles. The van der Waals surface area contributed by atoms with Crippen LogP contribution in [0.3, 0.4) is 0 Å². The molecule has 0 radical (unpaired) electrons. The molecule has 1 rings (SSSR count). The van der Waals surface area contributed by atoms with Gasteiger partial charge in [0.05, 0.1) is 25.6 Å². The molecule has 1 aliphatic heterocycles. The normalized spacial score (nSPS) is 21.7. The Hall–Kier alpha value is -1.21. The molecule has 1 unspecified atom stereocenters. The van der Waals surface area contributed by atoms with Crippen molar-refractivity contribution in [2.24, 2.45) is 0 Å². The van der Waals surface area contributed by atoms with Gasteiger partial charge in [0, 0.05) is 20.1 Å². The first-order valence-corrected chi connectivity index (χ1v) is 6.72. The van der Waals surface area contributed by atoms with Crippen LogP contribution < -0.4 is 0 Å². The quantitative estimate of drug-likeness (QED) is 0.680. The average molecular weight is 277 g/mol. The lowest BCUT2D eigenvalue weighted by Gasteiger charge is -2.31. The zero-order valence-electron chi connectivity index (χ0n) is 9.94. The first-order chi connectivity index (χ1) is 8.37. The number of rotatable bonds is 5. The SMILES string of the molecule is CN(CCC(=O)O)S(=O)(=O)N1CCOC(C#N)C1. The molecular weight excluding hydrogens is 262 g/mol. The van der Waals surface area contributed by atoms with Crippen molar-refractivity contribution in [3.05, 3.63) is 0 Å². The summed E-state index contributed by atoms with van der Waals surface area (Å²) in [6, 6.07) is 1.85. The molecule has 8 nitrogen and oxygen atoms in total. The minimum absolute atomic E-state index is 0.0315. The highest BCUT2D eigenvalue weighted by molar-refractivity contribution is 7.86. The Labute approximate surface area is 106 Å². The van der Waals surface area contributed by atoms with Crippen LogP contribution in [-0.2, 0) is 19.7 Å². The van der Waals surface area contributed by atoms with Gasteiger partial charge in [0.15, 0.2) is 6.10 Å². The van der Waals surface area contributed by atoms with E-state index in [9.17, 15) is 13.2 Å². The number of aliphatic carboxylic acids is 1. The summed E-state index contributed by atoms with van der Waals surface area (Å²) in [5.41, 5.74) is 0. The fraction of sp³-hybridized carbons (Fsp3) is 0.778. The maximum absolute atomic E-state index is 12.1. The van der Waals surface area contributed by atoms with E-state index in [-0.39, 0.29) is 32.7 Å². The van der Waals surface area contributed by atoms with Gasteiger partial charge in [0.2, 0.25) is 0 Å². The summed E-state index contributed by atoms with van der Waals surface area (Å²) in [6.07, 6.45) is -1.04. The number of nitriles is 1. The predicted molar refractivity (Wildman–Crippen MR) is 60.7 cm³/mol. The van der Waals surface area contributed by atoms with Crippen LogP contribution in [0.5, 0.6) is 0 Å². The lowest BCUT2D eigenvalue weighted by molar-refractivity contribution is -0.137. The lowest BCUT2D eigenvalue weighted by Crippen LogP contribution is -2.50. The van der Waals surface area contributed by atoms with E-state index in [1.807, 2.05) is 6.07 Å². The number of hydrogen-bond acceptors (Lipinski definition) is 5. The van der Waals surface area contributed by atoms with E-state index in [4.69, 9.17) is 15.1 Å². The van der Waals surface area contributed by atoms with Crippen LogP contribution in [0.2, 0.25) is 0 Å². The van der Waals surface area contributed by atoms with E-state index in [0.717, 1.165) is 8.61 Å². The minimum atomic E-state index is -3.73. The number of hydrogen-bond donors (Lipinski definition) is 1. The highest BCUT2D eigenvalue weighted by Crippen LogP contribution is 2.12. The summed E-state index contributed by atoms with van der Waals surface area (Å²) in [6.45, 7) is 0.185. The van der Waals surface area contributed by atoms with Gasteiger partial charge in [0.1, 0.15) is 0 Å². The molecule has 1 saturated heterocycles. The largest absolute Gasteiger partial charge is 0.481 e. The summed E-state index contributed by atoms with van der Waals surface area (Å²) >= 11 is 0. The van der Waals surface area contributed by atoms with E-state index < -0.39 is 22.3 Å². The molecule has 0 bridgehead atoms. The number of carboxylic acid groups (broad SMARTS) is 1. The molecule has 102 valence electrons. The molecule has 0 saturated carbocycles. The minimum Gasteiger partial charge on any atom is -0.481 e. The van der Waals surface area contributed by atoms with Gasteiger partial charge in [0.25, 0.3) is 10.2 Å². The number of ether oxygens (including phenoxy) is 1. The molecule has 1 atom stereocenters. The fourth-order valence-corrected chi connectivity index (χ4v) is 2.82. The molecule has 0 amide bonds. The van der Waals surface area contributed by atoms with E-state index in [2.05, 4.69) is 0 Å². The van der Waals surface area contributed by atoms with Crippen molar-refractivity contribution in [2.75, 3.05) is 33.3 Å². The van der Waals surface area contributed by atoms with Gasteiger partial charge in [-0.3, -0.25) is 4.79 Å². The van der Waals surface area contributed by atoms with Crippen molar-refractivity contribution in [1.29, 1.82) is 5.26 Å². The summed E-state index contributed by atoms with van der Waals surface area (Å²) < 4.78 is 31.3. The standard InChI is InChI=1S/C9H15N3O5S/c1-11(3-2-9(13)14)18(15,16)12-4-5-17-8(6-10)7-12/h8H,2-5,7H2,1H3,(H,13,14). The van der Waals surface area contributed by atoms with Crippen LogP contribution in [0.1, 0.15) is 6.42 Å². The Morgan fingerprint density at radius 2 is 2.33 bits per heavy atom. The van der Waals surface area contributed by atoms with Gasteiger partial charge in [-0.2, -0.15) is 22.3 Å². The molecule has 9 heteroatoms. The van der Waals surface area contributed by atoms with Gasteiger partial charge >= 0.3 is 5.97 Å². The zero-order chi connectivity index (χ0) is 13.8. The number of morpholine rings is 1. The molecule has 0 aromatic heterocycles. The third kappa shape index (κ3) is 3.64. The molecule has 1 N–H and O–H groups in total. The maximum atomic E-state index is 12.1. The first kappa shape index (κ1) is 14.8. The second kappa shape index (κ2) is 6.10. The smallest absolute Gasteiger partial charge is 0.304 e. The molecule has 1 fully saturated rings. The van der Waals surface area contributed by atoms with Crippen molar-refractivity contribution in [3.8, 4) is 6.07 Å². The van der Waals surface area contributed by atoms with Crippen LogP contribution in [0.4, 0.5) is 0 Å². The Balaban J connectivity index is 2.67. The van der Waals surface area contributed by atoms with Crippen LogP contribution in [-0.4, -0.2) is 67.5 Å². The second-order valence-corrected chi connectivity index (χ2v) is 5.86. The molecule has 0 spiro atoms. The van der Waals surface area contributed by atoms with Crippen molar-refractivity contribution in [2.45, 2.75) is 12.5 Å². The summed E-state index contributed by atoms with van der Waals surface area (Å²) in [5, 5.41) is 17.2. The summed E-state index contributed by atoms with van der Waals surface area (Å²) in [7, 11) is -2.41. The van der Waals surface area contributed by atoms with E-state index >= 15 is 0 Å². The van der Waals surface area contributed by atoms with Crippen LogP contribution in [0, 0.1) is 11.3 Å². The number of carbonyl (C=O) groups is 1. The maximum Gasteiger partial charge on any atom is 0.304 e. The van der Waals surface area contributed by atoms with Gasteiger partial charge < -0.3 is 9.84 Å². The molecule has 18 heavy (non-hydrogen) atoms. The molecular formula is C9H15N3O5S. The molecule has 0 aromatic rings. The van der Waals surface area contributed by atoms with Crippen LogP contribution in [0.15, 0.2) is 0 Å². The monoisotopic (exact) mass is 277 g/mol. The molecule has 0 aliphatic carbocycles. The van der Waals surface area contributed by atoms with Crippen LogP contribution >= 0.6 is 0 Å². The topological polar surface area (TPSA) is 111 Å². The second-order valence-electron chi connectivity index (χ2n) is 3.82. The predicted octanol–water partition coefficient (Wildman–Crippen LogP) is -1.14. The molecule has 1 heterocycles. The third-order valence-electron chi connectivity index (χ3n) is 2.53. The summed E-state index contributed by atoms with van der Waals surface area (Å²) in [4.78, 5) is 10.4. The van der Waals surface area contributed by atoms with E-state index in [1.165, 1.54) is 7.05 Å². The van der Waals surface area contributed by atoms with Crippen LogP contribution in [0.25, 0.3) is 0 Å². The van der Waals surface area contributed by atoms with Crippen molar-refractivity contribution >= 4 is 16.2 Å². The molecule has 1 aliphatic rings. The zero-order valence-corrected chi connectivity index (χ0v) is 10.8. The highest BCUT2D eigenvalue weighted by Gasteiger charge is 2.32. The highest BCUT2D eigenvalue weighted by atomic mass is 32.2. The Morgan fingerprint density at radius 1 is 1.67 bits per heavy atom.